The molecule has 1 aliphatic carbocycles. The van der Waals surface area contributed by atoms with Crippen LogP contribution in [0.15, 0.2) is 12.4 Å². The number of amides is 2. The number of hydrogen-bond donors (Lipinski definition) is 4. The van der Waals surface area contributed by atoms with Crippen LogP contribution in [-0.2, 0) is 4.79 Å². The molecule has 0 spiro atoms. The molecule has 110 valence electrons. The Bertz CT molecular complexity index is 466. The van der Waals surface area contributed by atoms with Gasteiger partial charge in [-0.3, -0.25) is 9.89 Å². The summed E-state index contributed by atoms with van der Waals surface area (Å²) in [6.07, 6.45) is 6.66. The third-order valence-corrected chi connectivity index (χ3v) is 3.80. The molecule has 20 heavy (non-hydrogen) atoms. The maximum Gasteiger partial charge on any atom is 0.315 e. The SMILES string of the molecule is CC(NC(=O)NC1(CC(=O)O)CCCC1)c1cn[nH]c1. The Morgan fingerprint density at radius 1 is 1.50 bits per heavy atom. The van der Waals surface area contributed by atoms with Gasteiger partial charge in [0.05, 0.1) is 24.2 Å². The predicted molar refractivity (Wildman–Crippen MR) is 72.1 cm³/mol. The van der Waals surface area contributed by atoms with Crippen molar-refractivity contribution < 1.29 is 14.7 Å². The number of nitrogens with zero attached hydrogens (tertiary/aromatic N) is 1. The van der Waals surface area contributed by atoms with Crippen molar-refractivity contribution in [2.45, 2.75) is 50.6 Å². The standard InChI is InChI=1S/C13H20N4O3/c1-9(10-7-14-15-8-10)16-12(20)17-13(6-11(18)19)4-2-3-5-13/h7-9H,2-6H2,1H3,(H,14,15)(H,18,19)(H2,16,17,20). The van der Waals surface area contributed by atoms with E-state index >= 15 is 0 Å². The van der Waals surface area contributed by atoms with Crippen molar-refractivity contribution >= 4 is 12.0 Å². The lowest BCUT2D eigenvalue weighted by Crippen LogP contribution is -2.52. The van der Waals surface area contributed by atoms with Gasteiger partial charge >= 0.3 is 12.0 Å². The van der Waals surface area contributed by atoms with Crippen LogP contribution in [0.3, 0.4) is 0 Å². The van der Waals surface area contributed by atoms with Gasteiger partial charge in [0.2, 0.25) is 0 Å². The number of hydrogen-bond acceptors (Lipinski definition) is 3. The summed E-state index contributed by atoms with van der Waals surface area (Å²) in [7, 11) is 0. The highest BCUT2D eigenvalue weighted by Crippen LogP contribution is 2.32. The van der Waals surface area contributed by atoms with E-state index in [0.29, 0.717) is 12.8 Å². The maximum atomic E-state index is 12.0. The Morgan fingerprint density at radius 3 is 2.75 bits per heavy atom. The Kier molecular flexibility index (Phi) is 4.26. The Labute approximate surface area is 117 Å². The van der Waals surface area contributed by atoms with Gasteiger partial charge in [0.25, 0.3) is 0 Å². The lowest BCUT2D eigenvalue weighted by molar-refractivity contribution is -0.138. The quantitative estimate of drug-likeness (QED) is 0.656. The number of aromatic nitrogens is 2. The molecule has 4 N–H and O–H groups in total. The summed E-state index contributed by atoms with van der Waals surface area (Å²) >= 11 is 0. The third kappa shape index (κ3) is 3.49. The third-order valence-electron chi connectivity index (χ3n) is 3.80. The first-order chi connectivity index (χ1) is 9.51. The summed E-state index contributed by atoms with van der Waals surface area (Å²) in [4.78, 5) is 23.0. The second kappa shape index (κ2) is 5.94. The number of urea groups is 1. The first-order valence-corrected chi connectivity index (χ1v) is 6.80. The smallest absolute Gasteiger partial charge is 0.315 e. The Balaban J connectivity index is 1.93. The minimum absolute atomic E-state index is 0.0273. The minimum Gasteiger partial charge on any atom is -0.481 e. The molecule has 7 heteroatoms. The number of aromatic amines is 1. The van der Waals surface area contributed by atoms with Crippen LogP contribution in [0.4, 0.5) is 4.79 Å². The summed E-state index contributed by atoms with van der Waals surface area (Å²) < 4.78 is 0. The van der Waals surface area contributed by atoms with E-state index < -0.39 is 11.5 Å². The van der Waals surface area contributed by atoms with Gasteiger partial charge in [-0.25, -0.2) is 4.79 Å². The largest absolute Gasteiger partial charge is 0.481 e. The van der Waals surface area contributed by atoms with Gasteiger partial charge in [-0.15, -0.1) is 0 Å². The number of carboxylic acids is 1. The molecule has 0 aromatic carbocycles. The molecular weight excluding hydrogens is 260 g/mol. The molecule has 1 aliphatic rings. The van der Waals surface area contributed by atoms with Crippen molar-refractivity contribution in [3.63, 3.8) is 0 Å². The number of carbonyl (C=O) groups excluding carboxylic acids is 1. The highest BCUT2D eigenvalue weighted by atomic mass is 16.4. The number of nitrogens with one attached hydrogen (secondary N) is 3. The molecule has 1 unspecified atom stereocenters. The molecule has 0 aliphatic heterocycles. The molecule has 1 aromatic heterocycles. The van der Waals surface area contributed by atoms with Crippen LogP contribution in [0.25, 0.3) is 0 Å². The zero-order valence-corrected chi connectivity index (χ0v) is 11.5. The first kappa shape index (κ1) is 14.4. The van der Waals surface area contributed by atoms with Crippen LogP contribution in [0.2, 0.25) is 0 Å². The van der Waals surface area contributed by atoms with Gasteiger partial charge in [0, 0.05) is 11.8 Å². The van der Waals surface area contributed by atoms with Crippen molar-refractivity contribution in [2.75, 3.05) is 0 Å². The average Bonchev–Trinajstić information content (AvgIpc) is 2.98. The topological polar surface area (TPSA) is 107 Å². The fourth-order valence-corrected chi connectivity index (χ4v) is 2.74. The molecule has 1 atom stereocenters. The number of H-pyrrole nitrogens is 1. The van der Waals surface area contributed by atoms with Gasteiger partial charge in [-0.2, -0.15) is 5.10 Å². The molecule has 1 heterocycles. The number of carboxylic acid groups (broad SMARTS) is 1. The monoisotopic (exact) mass is 280 g/mol. The second-order valence-electron chi connectivity index (χ2n) is 5.41. The number of rotatable bonds is 5. The van der Waals surface area contributed by atoms with Gasteiger partial charge in [-0.05, 0) is 19.8 Å². The maximum absolute atomic E-state index is 12.0. The van der Waals surface area contributed by atoms with Crippen LogP contribution in [0.1, 0.15) is 50.6 Å². The highest BCUT2D eigenvalue weighted by molar-refractivity contribution is 5.77. The molecule has 2 rings (SSSR count). The molecule has 2 amide bonds. The summed E-state index contributed by atoms with van der Waals surface area (Å²) in [6, 6.07) is -0.515. The van der Waals surface area contributed by atoms with Crippen LogP contribution in [0, 0.1) is 0 Å². The van der Waals surface area contributed by atoms with E-state index in [4.69, 9.17) is 5.11 Å². The fraction of sp³-hybridized carbons (Fsp3) is 0.615. The fourth-order valence-electron chi connectivity index (χ4n) is 2.74. The number of carbonyl (C=O) groups is 2. The second-order valence-corrected chi connectivity index (χ2v) is 5.41. The zero-order valence-electron chi connectivity index (χ0n) is 11.5. The minimum atomic E-state index is -0.880. The summed E-state index contributed by atoms with van der Waals surface area (Å²) in [5.74, 6) is -0.880. The summed E-state index contributed by atoms with van der Waals surface area (Å²) in [5.41, 5.74) is 0.269. The van der Waals surface area contributed by atoms with Gasteiger partial charge in [-0.1, -0.05) is 12.8 Å². The molecule has 7 nitrogen and oxygen atoms in total. The molecule has 0 radical (unpaired) electrons. The van der Waals surface area contributed by atoms with Crippen molar-refractivity contribution in [1.29, 1.82) is 0 Å². The molecule has 1 aromatic rings. The lowest BCUT2D eigenvalue weighted by atomic mass is 9.93. The summed E-state index contributed by atoms with van der Waals surface area (Å²) in [6.45, 7) is 1.85. The zero-order chi connectivity index (χ0) is 14.6. The normalized spacial score (nSPS) is 18.4. The lowest BCUT2D eigenvalue weighted by Gasteiger charge is -2.29. The van der Waals surface area contributed by atoms with E-state index in [0.717, 1.165) is 18.4 Å². The van der Waals surface area contributed by atoms with E-state index in [2.05, 4.69) is 20.8 Å². The van der Waals surface area contributed by atoms with E-state index in [-0.39, 0.29) is 18.5 Å². The van der Waals surface area contributed by atoms with Crippen LogP contribution in [0.5, 0.6) is 0 Å². The highest BCUT2D eigenvalue weighted by Gasteiger charge is 2.37. The van der Waals surface area contributed by atoms with E-state index in [1.54, 1.807) is 12.4 Å². The summed E-state index contributed by atoms with van der Waals surface area (Å²) in [5, 5.41) is 21.2. The molecule has 1 fully saturated rings. The first-order valence-electron chi connectivity index (χ1n) is 6.80. The molecule has 1 saturated carbocycles. The van der Waals surface area contributed by atoms with Crippen molar-refractivity contribution in [1.82, 2.24) is 20.8 Å². The Morgan fingerprint density at radius 2 is 2.20 bits per heavy atom. The van der Waals surface area contributed by atoms with Crippen LogP contribution >= 0.6 is 0 Å². The predicted octanol–water partition coefficient (Wildman–Crippen LogP) is 1.56. The Hall–Kier alpha value is -2.05. The van der Waals surface area contributed by atoms with E-state index in [1.807, 2.05) is 6.92 Å². The van der Waals surface area contributed by atoms with Crippen LogP contribution < -0.4 is 10.6 Å². The average molecular weight is 280 g/mol. The number of aliphatic carboxylic acids is 1. The molecular formula is C13H20N4O3. The van der Waals surface area contributed by atoms with Gasteiger partial charge in [0.15, 0.2) is 0 Å². The van der Waals surface area contributed by atoms with Crippen molar-refractivity contribution in [3.8, 4) is 0 Å². The molecule has 0 saturated heterocycles. The van der Waals surface area contributed by atoms with Gasteiger partial charge < -0.3 is 15.7 Å². The van der Waals surface area contributed by atoms with E-state index in [1.165, 1.54) is 0 Å². The van der Waals surface area contributed by atoms with Crippen molar-refractivity contribution in [3.05, 3.63) is 18.0 Å². The molecule has 0 bridgehead atoms. The van der Waals surface area contributed by atoms with Gasteiger partial charge in [0.1, 0.15) is 0 Å². The van der Waals surface area contributed by atoms with Crippen LogP contribution in [-0.4, -0.2) is 32.8 Å². The van der Waals surface area contributed by atoms with E-state index in [9.17, 15) is 9.59 Å². The van der Waals surface area contributed by atoms with Crippen molar-refractivity contribution in [2.24, 2.45) is 0 Å².